The Balaban J connectivity index is 2.32. The Labute approximate surface area is 89.4 Å². The van der Waals surface area contributed by atoms with Crippen LogP contribution in [0.4, 0.5) is 5.69 Å². The highest BCUT2D eigenvalue weighted by molar-refractivity contribution is 6.30. The number of nitrogens with two attached hydrogens (primary N) is 1. The summed E-state index contributed by atoms with van der Waals surface area (Å²) >= 11 is 5.98. The van der Waals surface area contributed by atoms with Crippen molar-refractivity contribution in [3.8, 4) is 0 Å². The second-order valence-electron chi connectivity index (χ2n) is 3.72. The van der Waals surface area contributed by atoms with E-state index in [9.17, 15) is 0 Å². The van der Waals surface area contributed by atoms with Gasteiger partial charge in [-0.25, -0.2) is 0 Å². The quantitative estimate of drug-likeness (QED) is 0.788. The monoisotopic (exact) mass is 210 g/mol. The van der Waals surface area contributed by atoms with Gasteiger partial charge in [0.2, 0.25) is 0 Å². The van der Waals surface area contributed by atoms with Crippen LogP contribution in [0.15, 0.2) is 18.2 Å². The lowest BCUT2D eigenvalue weighted by Crippen LogP contribution is -2.19. The highest BCUT2D eigenvalue weighted by atomic mass is 35.5. The first kappa shape index (κ1) is 9.81. The molecule has 1 aromatic rings. The van der Waals surface area contributed by atoms with Crippen LogP contribution in [0, 0.1) is 0 Å². The van der Waals surface area contributed by atoms with E-state index in [1.165, 1.54) is 11.3 Å². The molecule has 1 aliphatic heterocycles. The van der Waals surface area contributed by atoms with Gasteiger partial charge in [0, 0.05) is 17.3 Å². The van der Waals surface area contributed by atoms with E-state index in [0.29, 0.717) is 5.92 Å². The molecule has 0 radical (unpaired) electrons. The lowest BCUT2D eigenvalue weighted by molar-refractivity contribution is 0.586. The minimum atomic E-state index is 0.579. The van der Waals surface area contributed by atoms with Crippen LogP contribution in [-0.4, -0.2) is 13.1 Å². The lowest BCUT2D eigenvalue weighted by Gasteiger charge is -2.26. The molecule has 0 fully saturated rings. The molecule has 0 saturated carbocycles. The van der Waals surface area contributed by atoms with E-state index in [4.69, 9.17) is 17.3 Å². The molecule has 1 heterocycles. The van der Waals surface area contributed by atoms with Crippen LogP contribution in [0.1, 0.15) is 24.3 Å². The number of hydrogen-bond acceptors (Lipinski definition) is 2. The summed E-state index contributed by atoms with van der Waals surface area (Å²) in [5.74, 6) is 0.579. The number of rotatable bonds is 2. The van der Waals surface area contributed by atoms with Crippen LogP contribution < -0.4 is 11.1 Å². The lowest BCUT2D eigenvalue weighted by atomic mass is 9.88. The molecule has 0 saturated heterocycles. The maximum atomic E-state index is 5.98. The summed E-state index contributed by atoms with van der Waals surface area (Å²) in [5, 5.41) is 4.19. The zero-order valence-electron chi connectivity index (χ0n) is 8.09. The van der Waals surface area contributed by atoms with Crippen LogP contribution in [0.3, 0.4) is 0 Å². The normalized spacial score (nSPS) is 20.0. The molecule has 0 bridgehead atoms. The van der Waals surface area contributed by atoms with Crippen LogP contribution >= 0.6 is 11.6 Å². The summed E-state index contributed by atoms with van der Waals surface area (Å²) < 4.78 is 0. The van der Waals surface area contributed by atoms with Gasteiger partial charge in [0.05, 0.1) is 0 Å². The Hall–Kier alpha value is -0.730. The first-order valence-electron chi connectivity index (χ1n) is 5.04. The summed E-state index contributed by atoms with van der Waals surface area (Å²) in [4.78, 5) is 0. The summed E-state index contributed by atoms with van der Waals surface area (Å²) in [6, 6.07) is 6.04. The fourth-order valence-corrected chi connectivity index (χ4v) is 2.25. The highest BCUT2D eigenvalue weighted by Gasteiger charge is 2.19. The minimum absolute atomic E-state index is 0.579. The molecule has 1 atom stereocenters. The van der Waals surface area contributed by atoms with Crippen molar-refractivity contribution in [1.29, 1.82) is 0 Å². The van der Waals surface area contributed by atoms with E-state index in [2.05, 4.69) is 17.4 Å². The van der Waals surface area contributed by atoms with Gasteiger partial charge in [-0.2, -0.15) is 0 Å². The molecule has 76 valence electrons. The van der Waals surface area contributed by atoms with Gasteiger partial charge < -0.3 is 11.1 Å². The Morgan fingerprint density at radius 3 is 3.14 bits per heavy atom. The molecule has 1 aliphatic rings. The first-order valence-corrected chi connectivity index (χ1v) is 5.42. The van der Waals surface area contributed by atoms with Crippen molar-refractivity contribution in [2.75, 3.05) is 18.4 Å². The second-order valence-corrected chi connectivity index (χ2v) is 4.16. The van der Waals surface area contributed by atoms with E-state index in [1.54, 1.807) is 0 Å². The summed E-state index contributed by atoms with van der Waals surface area (Å²) in [7, 11) is 0. The Morgan fingerprint density at radius 2 is 2.36 bits per heavy atom. The molecule has 0 aliphatic carbocycles. The fourth-order valence-electron chi connectivity index (χ4n) is 2.07. The van der Waals surface area contributed by atoms with Crippen LogP contribution in [-0.2, 0) is 0 Å². The standard InChI is InChI=1S/C11H15ClN2/c12-9-1-2-11-10(7-9)8(3-5-13)4-6-14-11/h1-2,7-8,14H,3-6,13H2. The van der Waals surface area contributed by atoms with Crippen LogP contribution in [0.2, 0.25) is 5.02 Å². The van der Waals surface area contributed by atoms with E-state index >= 15 is 0 Å². The predicted molar refractivity (Wildman–Crippen MR) is 61.0 cm³/mol. The Morgan fingerprint density at radius 1 is 1.50 bits per heavy atom. The molecule has 14 heavy (non-hydrogen) atoms. The zero-order valence-corrected chi connectivity index (χ0v) is 8.85. The third-order valence-corrected chi connectivity index (χ3v) is 3.01. The highest BCUT2D eigenvalue weighted by Crippen LogP contribution is 2.35. The van der Waals surface area contributed by atoms with Gasteiger partial charge in [-0.1, -0.05) is 11.6 Å². The number of hydrogen-bond donors (Lipinski definition) is 2. The largest absolute Gasteiger partial charge is 0.385 e. The van der Waals surface area contributed by atoms with Crippen molar-refractivity contribution in [3.63, 3.8) is 0 Å². The molecule has 3 heteroatoms. The predicted octanol–water partition coefficient (Wildman–Crippen LogP) is 2.59. The molecular weight excluding hydrogens is 196 g/mol. The van der Waals surface area contributed by atoms with Crippen molar-refractivity contribution < 1.29 is 0 Å². The number of anilines is 1. The first-order chi connectivity index (χ1) is 6.81. The SMILES string of the molecule is NCCC1CCNc2ccc(Cl)cc21. The molecule has 1 aromatic carbocycles. The van der Waals surface area contributed by atoms with Crippen LogP contribution in [0.5, 0.6) is 0 Å². The van der Waals surface area contributed by atoms with Crippen molar-refractivity contribution in [2.24, 2.45) is 5.73 Å². The molecule has 2 rings (SSSR count). The van der Waals surface area contributed by atoms with Gasteiger partial charge in [-0.3, -0.25) is 0 Å². The van der Waals surface area contributed by atoms with Crippen LogP contribution in [0.25, 0.3) is 0 Å². The molecule has 3 N–H and O–H groups in total. The van der Waals surface area contributed by atoms with E-state index in [-0.39, 0.29) is 0 Å². The van der Waals surface area contributed by atoms with Crippen molar-refractivity contribution >= 4 is 17.3 Å². The zero-order chi connectivity index (χ0) is 9.97. The van der Waals surface area contributed by atoms with Crippen molar-refractivity contribution in [3.05, 3.63) is 28.8 Å². The summed E-state index contributed by atoms with van der Waals surface area (Å²) in [6.07, 6.45) is 2.21. The second kappa shape index (κ2) is 4.20. The Kier molecular flexibility index (Phi) is 2.94. The molecule has 1 unspecified atom stereocenters. The number of benzene rings is 1. The van der Waals surface area contributed by atoms with Gasteiger partial charge in [0.15, 0.2) is 0 Å². The number of fused-ring (bicyclic) bond motifs is 1. The average Bonchev–Trinajstić information content (AvgIpc) is 2.19. The molecule has 0 aromatic heterocycles. The molecule has 0 amide bonds. The molecule has 0 spiro atoms. The minimum Gasteiger partial charge on any atom is -0.385 e. The summed E-state index contributed by atoms with van der Waals surface area (Å²) in [5.41, 5.74) is 8.15. The van der Waals surface area contributed by atoms with E-state index in [1.807, 2.05) is 6.07 Å². The fraction of sp³-hybridized carbons (Fsp3) is 0.455. The smallest absolute Gasteiger partial charge is 0.0410 e. The van der Waals surface area contributed by atoms with Crippen molar-refractivity contribution in [1.82, 2.24) is 0 Å². The van der Waals surface area contributed by atoms with Gasteiger partial charge in [-0.15, -0.1) is 0 Å². The maximum Gasteiger partial charge on any atom is 0.0410 e. The topological polar surface area (TPSA) is 38.0 Å². The van der Waals surface area contributed by atoms with Gasteiger partial charge in [0.25, 0.3) is 0 Å². The Bertz CT molecular complexity index is 325. The summed E-state index contributed by atoms with van der Waals surface area (Å²) in [6.45, 7) is 1.79. The van der Waals surface area contributed by atoms with Gasteiger partial charge in [0.1, 0.15) is 0 Å². The third kappa shape index (κ3) is 1.86. The van der Waals surface area contributed by atoms with Gasteiger partial charge >= 0.3 is 0 Å². The molecular formula is C11H15ClN2. The third-order valence-electron chi connectivity index (χ3n) is 2.78. The van der Waals surface area contributed by atoms with Crippen molar-refractivity contribution in [2.45, 2.75) is 18.8 Å². The maximum absolute atomic E-state index is 5.98. The molecule has 2 nitrogen and oxygen atoms in total. The van der Waals surface area contributed by atoms with E-state index in [0.717, 1.165) is 31.0 Å². The number of halogens is 1. The van der Waals surface area contributed by atoms with E-state index < -0.39 is 0 Å². The van der Waals surface area contributed by atoms with Gasteiger partial charge in [-0.05, 0) is 49.1 Å². The number of nitrogens with one attached hydrogen (secondary N) is 1. The average molecular weight is 211 g/mol.